The van der Waals surface area contributed by atoms with Crippen molar-refractivity contribution < 1.29 is 9.13 Å². The van der Waals surface area contributed by atoms with Gasteiger partial charge in [-0.15, -0.1) is 0 Å². The van der Waals surface area contributed by atoms with Crippen molar-refractivity contribution in [3.05, 3.63) is 77.1 Å². The van der Waals surface area contributed by atoms with Crippen molar-refractivity contribution >= 4 is 11.6 Å². The van der Waals surface area contributed by atoms with E-state index in [1.165, 1.54) is 12.1 Å². The minimum atomic E-state index is -0.344. The van der Waals surface area contributed by atoms with E-state index in [1.54, 1.807) is 25.6 Å². The van der Waals surface area contributed by atoms with Gasteiger partial charge >= 0.3 is 0 Å². The number of rotatable bonds is 4. The SMILES string of the molecule is COc1cc(C(C)(C)c2cncn2-c2ccc(F)cc2)ccc1Cl. The number of aromatic nitrogens is 2. The molecule has 1 heterocycles. The maximum atomic E-state index is 13.2. The quantitative estimate of drug-likeness (QED) is 0.666. The summed E-state index contributed by atoms with van der Waals surface area (Å²) in [4.78, 5) is 4.28. The summed E-state index contributed by atoms with van der Waals surface area (Å²) in [6.07, 6.45) is 3.56. The van der Waals surface area contributed by atoms with E-state index in [0.29, 0.717) is 10.8 Å². The zero-order chi connectivity index (χ0) is 17.3. The Bertz CT molecular complexity index is 856. The van der Waals surface area contributed by atoms with Gasteiger partial charge in [-0.3, -0.25) is 0 Å². The molecule has 24 heavy (non-hydrogen) atoms. The van der Waals surface area contributed by atoms with Crippen LogP contribution in [0.25, 0.3) is 5.69 Å². The predicted octanol–water partition coefficient (Wildman–Crippen LogP) is 5.00. The minimum Gasteiger partial charge on any atom is -0.495 e. The molecule has 3 aromatic rings. The molecule has 0 aliphatic rings. The molecule has 0 bridgehead atoms. The van der Waals surface area contributed by atoms with Gasteiger partial charge in [0.2, 0.25) is 0 Å². The lowest BCUT2D eigenvalue weighted by molar-refractivity contribution is 0.413. The fourth-order valence-electron chi connectivity index (χ4n) is 2.76. The number of benzene rings is 2. The van der Waals surface area contributed by atoms with Gasteiger partial charge in [-0.2, -0.15) is 0 Å². The van der Waals surface area contributed by atoms with E-state index >= 15 is 0 Å². The lowest BCUT2D eigenvalue weighted by Crippen LogP contribution is -2.22. The van der Waals surface area contributed by atoms with Gasteiger partial charge in [0.15, 0.2) is 0 Å². The average molecular weight is 345 g/mol. The Hall–Kier alpha value is -2.33. The van der Waals surface area contributed by atoms with Crippen molar-refractivity contribution in [3.8, 4) is 11.4 Å². The van der Waals surface area contributed by atoms with E-state index in [0.717, 1.165) is 16.9 Å². The number of methoxy groups -OCH3 is 1. The van der Waals surface area contributed by atoms with Crippen LogP contribution in [0.3, 0.4) is 0 Å². The molecular formula is C19H18ClFN2O. The van der Waals surface area contributed by atoms with E-state index in [4.69, 9.17) is 16.3 Å². The van der Waals surface area contributed by atoms with Gasteiger partial charge in [-0.1, -0.05) is 31.5 Å². The molecule has 2 aromatic carbocycles. The zero-order valence-electron chi connectivity index (χ0n) is 13.8. The van der Waals surface area contributed by atoms with E-state index in [-0.39, 0.29) is 11.2 Å². The molecule has 5 heteroatoms. The smallest absolute Gasteiger partial charge is 0.137 e. The first-order valence-electron chi connectivity index (χ1n) is 7.56. The Balaban J connectivity index is 2.08. The first-order chi connectivity index (χ1) is 11.4. The third-order valence-corrected chi connectivity index (χ3v) is 4.57. The first-order valence-corrected chi connectivity index (χ1v) is 7.94. The molecule has 0 unspecified atom stereocenters. The Labute approximate surface area is 145 Å². The number of halogens is 2. The Kier molecular flexibility index (Phi) is 4.33. The highest BCUT2D eigenvalue weighted by Crippen LogP contribution is 2.36. The summed E-state index contributed by atoms with van der Waals surface area (Å²) in [6, 6.07) is 12.1. The maximum Gasteiger partial charge on any atom is 0.137 e. The molecular weight excluding hydrogens is 327 g/mol. The van der Waals surface area contributed by atoms with Gasteiger partial charge < -0.3 is 9.30 Å². The van der Waals surface area contributed by atoms with Crippen molar-refractivity contribution in [2.24, 2.45) is 0 Å². The molecule has 0 fully saturated rings. The summed E-state index contributed by atoms with van der Waals surface area (Å²) in [5.74, 6) is 0.372. The van der Waals surface area contributed by atoms with Crippen LogP contribution in [0.2, 0.25) is 5.02 Å². The lowest BCUT2D eigenvalue weighted by Gasteiger charge is -2.27. The van der Waals surface area contributed by atoms with E-state index in [2.05, 4.69) is 18.8 Å². The third kappa shape index (κ3) is 2.89. The average Bonchev–Trinajstić information content (AvgIpc) is 3.06. The highest BCUT2D eigenvalue weighted by atomic mass is 35.5. The number of ether oxygens (including phenoxy) is 1. The number of hydrogen-bond donors (Lipinski definition) is 0. The summed E-state index contributed by atoms with van der Waals surface area (Å²) >= 11 is 6.14. The van der Waals surface area contributed by atoms with E-state index < -0.39 is 0 Å². The molecule has 0 spiro atoms. The molecule has 0 N–H and O–H groups in total. The normalized spacial score (nSPS) is 11.5. The van der Waals surface area contributed by atoms with Crippen molar-refractivity contribution in [1.29, 1.82) is 0 Å². The fraction of sp³-hybridized carbons (Fsp3) is 0.211. The second kappa shape index (κ2) is 6.29. The molecule has 0 radical (unpaired) electrons. The topological polar surface area (TPSA) is 27.1 Å². The van der Waals surface area contributed by atoms with Crippen LogP contribution in [0.4, 0.5) is 4.39 Å². The second-order valence-electron chi connectivity index (χ2n) is 6.10. The molecule has 0 amide bonds. The van der Waals surface area contributed by atoms with E-state index in [9.17, 15) is 4.39 Å². The Morgan fingerprint density at radius 1 is 1.12 bits per heavy atom. The summed E-state index contributed by atoms with van der Waals surface area (Å²) in [5.41, 5.74) is 2.55. The molecule has 124 valence electrons. The third-order valence-electron chi connectivity index (χ3n) is 4.26. The molecule has 0 aliphatic carbocycles. The van der Waals surface area contributed by atoms with Gasteiger partial charge in [0.25, 0.3) is 0 Å². The maximum absolute atomic E-state index is 13.2. The Morgan fingerprint density at radius 3 is 2.50 bits per heavy atom. The van der Waals surface area contributed by atoms with E-state index in [1.807, 2.05) is 29.0 Å². The van der Waals surface area contributed by atoms with Crippen LogP contribution in [0, 0.1) is 5.82 Å². The number of imidazole rings is 1. The van der Waals surface area contributed by atoms with Crippen molar-refractivity contribution in [2.75, 3.05) is 7.11 Å². The van der Waals surface area contributed by atoms with Crippen molar-refractivity contribution in [2.45, 2.75) is 19.3 Å². The summed E-state index contributed by atoms with van der Waals surface area (Å²) < 4.78 is 20.5. The van der Waals surface area contributed by atoms with Gasteiger partial charge in [0.05, 0.1) is 24.2 Å². The molecule has 0 saturated carbocycles. The monoisotopic (exact) mass is 344 g/mol. The second-order valence-corrected chi connectivity index (χ2v) is 6.51. The molecule has 0 atom stereocenters. The van der Waals surface area contributed by atoms with Gasteiger partial charge in [0, 0.05) is 17.3 Å². The highest BCUT2D eigenvalue weighted by Gasteiger charge is 2.28. The lowest BCUT2D eigenvalue weighted by atomic mass is 9.81. The van der Waals surface area contributed by atoms with Crippen LogP contribution in [0.5, 0.6) is 5.75 Å². The van der Waals surface area contributed by atoms with Crippen molar-refractivity contribution in [1.82, 2.24) is 9.55 Å². The zero-order valence-corrected chi connectivity index (χ0v) is 14.5. The van der Waals surface area contributed by atoms with Crippen LogP contribution < -0.4 is 4.74 Å². The summed E-state index contributed by atoms with van der Waals surface area (Å²) in [5, 5.41) is 0.573. The van der Waals surface area contributed by atoms with Crippen molar-refractivity contribution in [3.63, 3.8) is 0 Å². The molecule has 3 nitrogen and oxygen atoms in total. The van der Waals surface area contributed by atoms with Crippen LogP contribution >= 0.6 is 11.6 Å². The minimum absolute atomic E-state index is 0.262. The molecule has 1 aromatic heterocycles. The largest absolute Gasteiger partial charge is 0.495 e. The molecule has 0 aliphatic heterocycles. The standard InChI is InChI=1S/C19H18ClFN2O/c1-19(2,13-4-9-16(20)17(10-13)24-3)18-11-22-12-23(18)15-7-5-14(21)6-8-15/h4-12H,1-3H3. The van der Waals surface area contributed by atoms with Crippen LogP contribution in [-0.4, -0.2) is 16.7 Å². The van der Waals surface area contributed by atoms with Gasteiger partial charge in [-0.25, -0.2) is 9.37 Å². The number of hydrogen-bond acceptors (Lipinski definition) is 2. The van der Waals surface area contributed by atoms with Crippen LogP contribution in [0.1, 0.15) is 25.1 Å². The van der Waals surface area contributed by atoms with Gasteiger partial charge in [-0.05, 0) is 42.0 Å². The molecule has 0 saturated heterocycles. The van der Waals surface area contributed by atoms with Gasteiger partial charge in [0.1, 0.15) is 11.6 Å². The van der Waals surface area contributed by atoms with Crippen LogP contribution in [0.15, 0.2) is 55.0 Å². The predicted molar refractivity (Wildman–Crippen MR) is 93.7 cm³/mol. The Morgan fingerprint density at radius 2 is 1.83 bits per heavy atom. The first kappa shape index (κ1) is 16.5. The van der Waals surface area contributed by atoms with Crippen LogP contribution in [-0.2, 0) is 5.41 Å². The fourth-order valence-corrected chi connectivity index (χ4v) is 2.96. The number of nitrogens with zero attached hydrogens (tertiary/aromatic N) is 2. The summed E-state index contributed by atoms with van der Waals surface area (Å²) in [6.45, 7) is 4.21. The molecule has 3 rings (SSSR count). The highest BCUT2D eigenvalue weighted by molar-refractivity contribution is 6.32. The summed E-state index contributed by atoms with van der Waals surface area (Å²) in [7, 11) is 1.60.